The van der Waals surface area contributed by atoms with Gasteiger partial charge in [0.15, 0.2) is 0 Å². The third-order valence-corrected chi connectivity index (χ3v) is 10.2. The molecule has 142 valence electrons. The third kappa shape index (κ3) is 2.63. The van der Waals surface area contributed by atoms with Crippen LogP contribution in [0.1, 0.15) is 65.2 Å². The van der Waals surface area contributed by atoms with Gasteiger partial charge in [0.1, 0.15) is 5.78 Å². The molecule has 0 aromatic heterocycles. The number of rotatable bonds is 1. The highest BCUT2D eigenvalue weighted by Gasteiger charge is 2.59. The van der Waals surface area contributed by atoms with E-state index in [2.05, 4.69) is 13.8 Å². The van der Waals surface area contributed by atoms with Crippen LogP contribution in [0.15, 0.2) is 0 Å². The molecule has 1 saturated heterocycles. The average molecular weight is 368 g/mol. The molecule has 4 rings (SSSR count). The Morgan fingerprint density at radius 1 is 0.960 bits per heavy atom. The minimum absolute atomic E-state index is 0.0616. The summed E-state index contributed by atoms with van der Waals surface area (Å²) in [6, 6.07) is 0. The maximum absolute atomic E-state index is 12.5. The van der Waals surface area contributed by atoms with Gasteiger partial charge in [-0.15, -0.1) is 0 Å². The van der Waals surface area contributed by atoms with Gasteiger partial charge in [0.25, 0.3) is 0 Å². The Morgan fingerprint density at radius 2 is 1.72 bits per heavy atom. The molecule has 1 unspecified atom stereocenters. The van der Waals surface area contributed by atoms with E-state index < -0.39 is 10.0 Å². The molecule has 0 bridgehead atoms. The lowest BCUT2D eigenvalue weighted by Gasteiger charge is -2.57. The van der Waals surface area contributed by atoms with Gasteiger partial charge in [-0.2, -0.15) is 0 Å². The van der Waals surface area contributed by atoms with Crippen LogP contribution in [0.2, 0.25) is 0 Å². The molecule has 1 heterocycles. The molecular formula is C20H33NO3S. The Morgan fingerprint density at radius 3 is 2.44 bits per heavy atom. The molecule has 3 aliphatic carbocycles. The first-order valence-corrected chi connectivity index (χ1v) is 12.0. The van der Waals surface area contributed by atoms with E-state index in [1.54, 1.807) is 4.31 Å². The first-order valence-electron chi connectivity index (χ1n) is 10.1. The van der Waals surface area contributed by atoms with Gasteiger partial charge in [-0.25, -0.2) is 12.7 Å². The lowest BCUT2D eigenvalue weighted by atomic mass is 9.47. The van der Waals surface area contributed by atoms with Crippen LogP contribution in [0.4, 0.5) is 0 Å². The highest BCUT2D eigenvalue weighted by Crippen LogP contribution is 2.64. The topological polar surface area (TPSA) is 54.5 Å². The number of Topliss-reactive ketones (excluding diaryl/α,β-unsaturated/α-hetero) is 1. The van der Waals surface area contributed by atoms with E-state index in [1.807, 2.05) is 0 Å². The van der Waals surface area contributed by atoms with Gasteiger partial charge in [-0.05, 0) is 74.0 Å². The summed E-state index contributed by atoms with van der Waals surface area (Å²) < 4.78 is 25.8. The van der Waals surface area contributed by atoms with E-state index in [1.165, 1.54) is 19.1 Å². The predicted molar refractivity (Wildman–Crippen MR) is 98.5 cm³/mol. The third-order valence-electron chi connectivity index (χ3n) is 8.87. The van der Waals surface area contributed by atoms with Crippen molar-refractivity contribution in [1.29, 1.82) is 0 Å². The van der Waals surface area contributed by atoms with Crippen LogP contribution in [0.5, 0.6) is 0 Å². The quantitative estimate of drug-likeness (QED) is 0.713. The van der Waals surface area contributed by atoms with E-state index >= 15 is 0 Å². The number of hydrogen-bond donors (Lipinski definition) is 0. The van der Waals surface area contributed by atoms with Crippen molar-refractivity contribution in [3.05, 3.63) is 0 Å². The fraction of sp³-hybridized carbons (Fsp3) is 0.950. The summed E-state index contributed by atoms with van der Waals surface area (Å²) in [5.74, 6) is 3.08. The maximum atomic E-state index is 12.5. The van der Waals surface area contributed by atoms with Crippen LogP contribution < -0.4 is 0 Å². The van der Waals surface area contributed by atoms with E-state index in [0.717, 1.165) is 38.5 Å². The van der Waals surface area contributed by atoms with Crippen LogP contribution in [-0.4, -0.2) is 37.9 Å². The number of ketones is 1. The number of nitrogens with zero attached hydrogens (tertiary/aromatic N) is 1. The Kier molecular flexibility index (Phi) is 4.16. The van der Waals surface area contributed by atoms with Gasteiger partial charge in [0.2, 0.25) is 10.0 Å². The number of fused-ring (bicyclic) bond motifs is 5. The zero-order valence-corrected chi connectivity index (χ0v) is 16.8. The number of carbonyl (C=O) groups is 1. The van der Waals surface area contributed by atoms with E-state index in [4.69, 9.17) is 0 Å². The smallest absolute Gasteiger partial charge is 0.211 e. The van der Waals surface area contributed by atoms with Crippen molar-refractivity contribution in [2.75, 3.05) is 19.3 Å². The summed E-state index contributed by atoms with van der Waals surface area (Å²) in [6.45, 7) is 6.04. The summed E-state index contributed by atoms with van der Waals surface area (Å²) in [6.07, 6.45) is 9.90. The molecule has 0 radical (unpaired) electrons. The Hall–Kier alpha value is -0.420. The first-order chi connectivity index (χ1) is 11.7. The Bertz CT molecular complexity index is 674. The predicted octanol–water partition coefficient (Wildman–Crippen LogP) is 3.47. The van der Waals surface area contributed by atoms with Gasteiger partial charge < -0.3 is 0 Å². The van der Waals surface area contributed by atoms with Crippen molar-refractivity contribution in [3.63, 3.8) is 0 Å². The second-order valence-corrected chi connectivity index (χ2v) is 11.8. The number of carbonyl (C=O) groups excluding carboxylic acids is 1. The highest BCUT2D eigenvalue weighted by molar-refractivity contribution is 7.88. The molecule has 5 heteroatoms. The second-order valence-electron chi connectivity index (χ2n) is 9.78. The summed E-state index contributed by atoms with van der Waals surface area (Å²) >= 11 is 0. The SMILES string of the molecule is C[C@]12CCN(S(C)(=O)=O)CCC1CC[C@@H]1[C@@H]2CC[C@]2(C)C(=O)CC[C@@H]12. The summed E-state index contributed by atoms with van der Waals surface area (Å²) in [4.78, 5) is 12.5. The average Bonchev–Trinajstić information content (AvgIpc) is 2.72. The summed E-state index contributed by atoms with van der Waals surface area (Å²) in [7, 11) is -3.09. The van der Waals surface area contributed by atoms with E-state index in [-0.39, 0.29) is 10.8 Å². The van der Waals surface area contributed by atoms with E-state index in [9.17, 15) is 13.2 Å². The molecule has 0 N–H and O–H groups in total. The van der Waals surface area contributed by atoms with Crippen LogP contribution in [0, 0.1) is 34.5 Å². The second kappa shape index (κ2) is 5.79. The summed E-state index contributed by atoms with van der Waals surface area (Å²) in [5, 5.41) is 0. The largest absolute Gasteiger partial charge is 0.299 e. The summed E-state index contributed by atoms with van der Waals surface area (Å²) in [5.41, 5.74) is 0.184. The van der Waals surface area contributed by atoms with E-state index in [0.29, 0.717) is 42.5 Å². The highest BCUT2D eigenvalue weighted by atomic mass is 32.2. The molecule has 0 aromatic carbocycles. The van der Waals surface area contributed by atoms with Crippen LogP contribution in [0.25, 0.3) is 0 Å². The maximum Gasteiger partial charge on any atom is 0.211 e. The number of hydrogen-bond acceptors (Lipinski definition) is 3. The fourth-order valence-electron chi connectivity index (χ4n) is 7.28. The first kappa shape index (κ1) is 18.0. The van der Waals surface area contributed by atoms with Crippen molar-refractivity contribution < 1.29 is 13.2 Å². The lowest BCUT2D eigenvalue weighted by molar-refractivity contribution is -0.136. The van der Waals surface area contributed by atoms with Gasteiger partial charge in [-0.1, -0.05) is 13.8 Å². The number of sulfonamides is 1. The standard InChI is InChI=1S/C20H33NO3S/c1-19-11-13-21(25(3,23)24)12-9-14(19)4-5-15-16-6-7-18(22)20(16,2)10-8-17(15)19/h14-17H,4-13H2,1-3H3/t14?,15-,16-,17-,19-,20-/m0/s1. The van der Waals surface area contributed by atoms with Crippen molar-refractivity contribution in [2.24, 2.45) is 34.5 Å². The van der Waals surface area contributed by atoms with Crippen molar-refractivity contribution in [2.45, 2.75) is 65.2 Å². The van der Waals surface area contributed by atoms with Crippen molar-refractivity contribution in [3.8, 4) is 0 Å². The molecular weight excluding hydrogens is 334 g/mol. The molecule has 1 aliphatic heterocycles. The van der Waals surface area contributed by atoms with Crippen LogP contribution >= 0.6 is 0 Å². The zero-order chi connectivity index (χ0) is 18.0. The molecule has 4 nitrogen and oxygen atoms in total. The molecule has 4 aliphatic rings. The zero-order valence-electron chi connectivity index (χ0n) is 16.0. The van der Waals surface area contributed by atoms with Crippen LogP contribution in [0.3, 0.4) is 0 Å². The molecule has 6 atom stereocenters. The van der Waals surface area contributed by atoms with Gasteiger partial charge in [0, 0.05) is 24.9 Å². The minimum Gasteiger partial charge on any atom is -0.299 e. The van der Waals surface area contributed by atoms with Crippen molar-refractivity contribution in [1.82, 2.24) is 4.31 Å². The van der Waals surface area contributed by atoms with Gasteiger partial charge in [0.05, 0.1) is 6.26 Å². The molecule has 25 heavy (non-hydrogen) atoms. The van der Waals surface area contributed by atoms with Crippen LogP contribution in [-0.2, 0) is 14.8 Å². The monoisotopic (exact) mass is 367 g/mol. The van der Waals surface area contributed by atoms with Gasteiger partial charge in [-0.3, -0.25) is 4.79 Å². The minimum atomic E-state index is -3.09. The molecule has 4 fully saturated rings. The molecule has 0 spiro atoms. The lowest BCUT2D eigenvalue weighted by Crippen LogP contribution is -2.52. The normalized spacial score (nSPS) is 48.4. The van der Waals surface area contributed by atoms with Crippen molar-refractivity contribution >= 4 is 15.8 Å². The molecule has 3 saturated carbocycles. The fourth-order valence-corrected chi connectivity index (χ4v) is 8.14. The van der Waals surface area contributed by atoms with Gasteiger partial charge >= 0.3 is 0 Å². The molecule has 0 aromatic rings. The Labute approximate surface area is 152 Å². The Balaban J connectivity index is 1.61. The molecule has 0 amide bonds.